The molecule has 1 heterocycles. The molecule has 0 aromatic carbocycles. The summed E-state index contributed by atoms with van der Waals surface area (Å²) in [6, 6.07) is -0.965. The maximum atomic E-state index is 13.1. The minimum absolute atomic E-state index is 0.115. The lowest BCUT2D eigenvalue weighted by molar-refractivity contribution is -0.112. The molecule has 0 radical (unpaired) electrons. The Hall–Kier alpha value is -1.89. The highest BCUT2D eigenvalue weighted by Crippen LogP contribution is 2.24. The lowest BCUT2D eigenvalue weighted by Crippen LogP contribution is -2.45. The molecule has 0 fully saturated rings. The maximum absolute atomic E-state index is 13.1. The summed E-state index contributed by atoms with van der Waals surface area (Å²) >= 11 is 0. The smallest absolute Gasteiger partial charge is 0.267 e. The lowest BCUT2D eigenvalue weighted by Gasteiger charge is -2.22. The number of carbonyl (C=O) groups excluding carboxylic acids is 1. The van der Waals surface area contributed by atoms with Crippen LogP contribution in [0, 0.1) is 0 Å². The van der Waals surface area contributed by atoms with E-state index in [2.05, 4.69) is 10.2 Å². The number of hydrogen-bond acceptors (Lipinski definition) is 4. The Morgan fingerprint density at radius 1 is 1.44 bits per heavy atom. The number of amides is 1. The Balaban J connectivity index is 2.47. The molecule has 0 aromatic rings. The summed E-state index contributed by atoms with van der Waals surface area (Å²) in [7, 11) is 0. The molecule has 2 aliphatic rings. The van der Waals surface area contributed by atoms with Gasteiger partial charge in [0, 0.05) is 11.6 Å². The molecular weight excluding hydrogens is 218 g/mol. The normalized spacial score (nSPS) is 28.4. The molecule has 1 amide bonds. The Morgan fingerprint density at radius 3 is 2.75 bits per heavy atom. The summed E-state index contributed by atoms with van der Waals surface area (Å²) < 4.78 is 26.0. The highest BCUT2D eigenvalue weighted by molar-refractivity contribution is 6.43. The van der Waals surface area contributed by atoms with Gasteiger partial charge in [-0.2, -0.15) is 5.10 Å². The van der Waals surface area contributed by atoms with Gasteiger partial charge in [-0.1, -0.05) is 0 Å². The highest BCUT2D eigenvalue weighted by atomic mass is 19.2. The topological polar surface area (TPSA) is 93.8 Å². The first-order chi connectivity index (χ1) is 7.50. The second kappa shape index (κ2) is 3.60. The number of allylic oxidation sites excluding steroid dienone is 3. The van der Waals surface area contributed by atoms with Crippen LogP contribution in [0.3, 0.4) is 0 Å². The number of primary amides is 1. The van der Waals surface area contributed by atoms with Gasteiger partial charge in [0.15, 0.2) is 6.17 Å². The number of nitrogens with zero attached hydrogens (tertiary/aromatic N) is 2. The monoisotopic (exact) mass is 226 g/mol. The van der Waals surface area contributed by atoms with Crippen LogP contribution in [0.5, 0.6) is 0 Å². The van der Waals surface area contributed by atoms with Crippen molar-refractivity contribution in [3.8, 4) is 0 Å². The van der Waals surface area contributed by atoms with Crippen molar-refractivity contribution in [1.29, 1.82) is 0 Å². The van der Waals surface area contributed by atoms with Crippen LogP contribution >= 0.6 is 0 Å². The van der Waals surface area contributed by atoms with E-state index in [1.807, 2.05) is 0 Å². The zero-order chi connectivity index (χ0) is 11.9. The third-order valence-electron chi connectivity index (χ3n) is 2.31. The van der Waals surface area contributed by atoms with Crippen LogP contribution in [0.2, 0.25) is 0 Å². The molecule has 16 heavy (non-hydrogen) atoms. The van der Waals surface area contributed by atoms with E-state index >= 15 is 0 Å². The second-order valence-corrected chi connectivity index (χ2v) is 3.37. The summed E-state index contributed by atoms with van der Waals surface area (Å²) in [6.07, 6.45) is 0.00430. The molecule has 0 saturated carbocycles. The number of halogens is 2. The Morgan fingerprint density at radius 2 is 2.12 bits per heavy atom. The Kier molecular flexibility index (Phi) is 2.39. The molecule has 84 valence electrons. The largest absolute Gasteiger partial charge is 0.364 e. The predicted octanol–water partition coefficient (Wildman–Crippen LogP) is -0.259. The Labute approximate surface area is 89.2 Å². The van der Waals surface area contributed by atoms with Gasteiger partial charge in [-0.05, 0) is 6.08 Å². The van der Waals surface area contributed by atoms with Crippen molar-refractivity contribution in [2.45, 2.75) is 12.2 Å². The van der Waals surface area contributed by atoms with Crippen molar-refractivity contribution in [3.63, 3.8) is 0 Å². The number of carbonyl (C=O) groups is 1. The van der Waals surface area contributed by atoms with Gasteiger partial charge in [0.25, 0.3) is 5.91 Å². The fraction of sp³-hybridized carbons (Fsp3) is 0.222. The summed E-state index contributed by atoms with van der Waals surface area (Å²) in [5.74, 6) is -1.80. The Bertz CT molecular complexity index is 478. The van der Waals surface area contributed by atoms with Gasteiger partial charge < -0.3 is 11.5 Å². The van der Waals surface area contributed by atoms with Crippen molar-refractivity contribution in [1.82, 2.24) is 0 Å². The van der Waals surface area contributed by atoms with E-state index in [4.69, 9.17) is 11.5 Å². The first-order valence-electron chi connectivity index (χ1n) is 4.45. The fourth-order valence-corrected chi connectivity index (χ4v) is 1.49. The molecule has 2 rings (SSSR count). The molecule has 1 aliphatic carbocycles. The molecule has 7 heteroatoms. The molecule has 4 N–H and O–H groups in total. The molecule has 2 unspecified atom stereocenters. The SMILES string of the molecule is NC(=O)C1=NN=C2C=C(F)C(F)C=C2C1N. The first-order valence-corrected chi connectivity index (χ1v) is 4.45. The van der Waals surface area contributed by atoms with Crippen molar-refractivity contribution in [2.75, 3.05) is 0 Å². The van der Waals surface area contributed by atoms with Crippen LogP contribution in [0.25, 0.3) is 0 Å². The van der Waals surface area contributed by atoms with E-state index < -0.39 is 23.9 Å². The number of nitrogens with two attached hydrogens (primary N) is 2. The van der Waals surface area contributed by atoms with E-state index in [-0.39, 0.29) is 17.0 Å². The van der Waals surface area contributed by atoms with Gasteiger partial charge in [0.05, 0.1) is 11.8 Å². The summed E-state index contributed by atoms with van der Waals surface area (Å²) in [5.41, 5.74) is 10.8. The third-order valence-corrected chi connectivity index (χ3v) is 2.31. The molecular formula is C9H8F2N4O. The van der Waals surface area contributed by atoms with Gasteiger partial charge >= 0.3 is 0 Å². The molecule has 0 bridgehead atoms. The third kappa shape index (κ3) is 1.54. The fourth-order valence-electron chi connectivity index (χ4n) is 1.49. The number of hydrogen-bond donors (Lipinski definition) is 2. The molecule has 0 aromatic heterocycles. The second-order valence-electron chi connectivity index (χ2n) is 3.37. The van der Waals surface area contributed by atoms with E-state index in [9.17, 15) is 13.6 Å². The van der Waals surface area contributed by atoms with Crippen LogP contribution in [0.15, 0.2) is 33.8 Å². The van der Waals surface area contributed by atoms with E-state index in [0.29, 0.717) is 0 Å². The first kappa shape index (κ1) is 10.6. The summed E-state index contributed by atoms with van der Waals surface area (Å²) in [4.78, 5) is 10.9. The van der Waals surface area contributed by atoms with E-state index in [1.165, 1.54) is 0 Å². The van der Waals surface area contributed by atoms with Crippen LogP contribution < -0.4 is 11.5 Å². The standard InChI is InChI=1S/C9H8F2N4O/c10-4-1-3-6(2-5(4)11)14-15-8(7(3)12)9(13)16/h1-2,4,7H,12H2,(H2,13,16). The number of rotatable bonds is 1. The van der Waals surface area contributed by atoms with Crippen LogP contribution in [0.4, 0.5) is 8.78 Å². The van der Waals surface area contributed by atoms with E-state index in [0.717, 1.165) is 12.2 Å². The maximum Gasteiger partial charge on any atom is 0.267 e. The van der Waals surface area contributed by atoms with Gasteiger partial charge in [0.1, 0.15) is 11.5 Å². The molecule has 1 aliphatic heterocycles. The van der Waals surface area contributed by atoms with Crippen LogP contribution in [-0.2, 0) is 4.79 Å². The van der Waals surface area contributed by atoms with Crippen molar-refractivity contribution >= 4 is 17.3 Å². The average Bonchev–Trinajstić information content (AvgIpc) is 2.21. The van der Waals surface area contributed by atoms with Gasteiger partial charge in [0.2, 0.25) is 0 Å². The molecule has 0 spiro atoms. The zero-order valence-corrected chi connectivity index (χ0v) is 8.02. The minimum Gasteiger partial charge on any atom is -0.364 e. The highest BCUT2D eigenvalue weighted by Gasteiger charge is 2.31. The lowest BCUT2D eigenvalue weighted by atomic mass is 9.92. The van der Waals surface area contributed by atoms with Crippen LogP contribution in [-0.4, -0.2) is 29.5 Å². The van der Waals surface area contributed by atoms with E-state index in [1.54, 1.807) is 0 Å². The predicted molar refractivity (Wildman–Crippen MR) is 54.2 cm³/mol. The number of fused-ring (bicyclic) bond motifs is 1. The van der Waals surface area contributed by atoms with Crippen molar-refractivity contribution in [3.05, 3.63) is 23.6 Å². The molecule has 5 nitrogen and oxygen atoms in total. The molecule has 2 atom stereocenters. The quantitative estimate of drug-likeness (QED) is 0.644. The van der Waals surface area contributed by atoms with Gasteiger partial charge in [-0.15, -0.1) is 5.10 Å². The molecule has 0 saturated heterocycles. The summed E-state index contributed by atoms with van der Waals surface area (Å²) in [6.45, 7) is 0. The zero-order valence-electron chi connectivity index (χ0n) is 8.02. The van der Waals surface area contributed by atoms with Gasteiger partial charge in [-0.25, -0.2) is 8.78 Å². The average molecular weight is 226 g/mol. The number of alkyl halides is 1. The van der Waals surface area contributed by atoms with Crippen molar-refractivity contribution < 1.29 is 13.6 Å². The van der Waals surface area contributed by atoms with Crippen molar-refractivity contribution in [2.24, 2.45) is 21.7 Å². The summed E-state index contributed by atoms with van der Waals surface area (Å²) in [5, 5.41) is 7.05. The van der Waals surface area contributed by atoms with Gasteiger partial charge in [-0.3, -0.25) is 4.79 Å². The van der Waals surface area contributed by atoms with Crippen LogP contribution in [0.1, 0.15) is 0 Å². The minimum atomic E-state index is -1.87.